The molecule has 1 aromatic heterocycles. The summed E-state index contributed by atoms with van der Waals surface area (Å²) in [6.45, 7) is 4.28. The van der Waals surface area contributed by atoms with E-state index >= 15 is 0 Å². The summed E-state index contributed by atoms with van der Waals surface area (Å²) in [5.41, 5.74) is 1.33. The van der Waals surface area contributed by atoms with Crippen molar-refractivity contribution >= 4 is 0 Å². The van der Waals surface area contributed by atoms with Crippen LogP contribution in [0.3, 0.4) is 0 Å². The maximum Gasteiger partial charge on any atom is 0.141 e. The lowest BCUT2D eigenvalue weighted by Gasteiger charge is -2.18. The second kappa shape index (κ2) is 7.05. The van der Waals surface area contributed by atoms with Crippen molar-refractivity contribution in [2.45, 2.75) is 38.8 Å². The van der Waals surface area contributed by atoms with Gasteiger partial charge in [0, 0.05) is 6.04 Å². The minimum Gasteiger partial charge on any atom is -0.497 e. The summed E-state index contributed by atoms with van der Waals surface area (Å²) in [6, 6.07) is 8.84. The first-order valence-corrected chi connectivity index (χ1v) is 6.93. The van der Waals surface area contributed by atoms with Gasteiger partial charge in [-0.25, -0.2) is 4.98 Å². The van der Waals surface area contributed by atoms with Gasteiger partial charge in [-0.1, -0.05) is 12.1 Å². The van der Waals surface area contributed by atoms with Crippen molar-refractivity contribution in [3.8, 4) is 5.75 Å². The standard InChI is InChI=1S/C15H22N4O/c1-11(18-12(2)15-16-10-17-19-15)4-5-13-6-8-14(20-3)9-7-13/h6-12,18H,4-5H2,1-3H3,(H,16,17,19). The number of aromatic amines is 1. The van der Waals surface area contributed by atoms with E-state index < -0.39 is 0 Å². The Balaban J connectivity index is 1.78. The summed E-state index contributed by atoms with van der Waals surface area (Å²) in [5, 5.41) is 10.3. The number of nitrogens with one attached hydrogen (secondary N) is 2. The summed E-state index contributed by atoms with van der Waals surface area (Å²) in [6.07, 6.45) is 3.65. The van der Waals surface area contributed by atoms with Crippen molar-refractivity contribution in [2.75, 3.05) is 7.11 Å². The van der Waals surface area contributed by atoms with Crippen LogP contribution in [-0.2, 0) is 6.42 Å². The number of nitrogens with zero attached hydrogens (tertiary/aromatic N) is 2. The Labute approximate surface area is 119 Å². The molecule has 2 rings (SSSR count). The highest BCUT2D eigenvalue weighted by Gasteiger charge is 2.11. The van der Waals surface area contributed by atoms with E-state index in [4.69, 9.17) is 4.74 Å². The van der Waals surface area contributed by atoms with Crippen LogP contribution >= 0.6 is 0 Å². The third-order valence-corrected chi connectivity index (χ3v) is 3.40. The van der Waals surface area contributed by atoms with Gasteiger partial charge in [-0.05, 0) is 44.4 Å². The lowest BCUT2D eigenvalue weighted by molar-refractivity contribution is 0.414. The van der Waals surface area contributed by atoms with Gasteiger partial charge in [-0.3, -0.25) is 5.10 Å². The molecule has 0 aliphatic heterocycles. The van der Waals surface area contributed by atoms with E-state index in [9.17, 15) is 0 Å². The number of benzene rings is 1. The number of hydrogen-bond acceptors (Lipinski definition) is 4. The zero-order chi connectivity index (χ0) is 14.4. The average Bonchev–Trinajstić information content (AvgIpc) is 3.00. The zero-order valence-corrected chi connectivity index (χ0v) is 12.3. The number of methoxy groups -OCH3 is 1. The minimum absolute atomic E-state index is 0.184. The number of H-pyrrole nitrogens is 1. The Morgan fingerprint density at radius 1 is 1.25 bits per heavy atom. The molecule has 1 aromatic carbocycles. The Hall–Kier alpha value is -1.88. The van der Waals surface area contributed by atoms with Gasteiger partial charge in [0.25, 0.3) is 0 Å². The van der Waals surface area contributed by atoms with E-state index in [1.165, 1.54) is 11.9 Å². The van der Waals surface area contributed by atoms with Crippen molar-refractivity contribution in [1.82, 2.24) is 20.5 Å². The van der Waals surface area contributed by atoms with Crippen molar-refractivity contribution in [1.29, 1.82) is 0 Å². The fourth-order valence-electron chi connectivity index (χ4n) is 2.19. The second-order valence-electron chi connectivity index (χ2n) is 5.05. The van der Waals surface area contributed by atoms with Gasteiger partial charge in [0.15, 0.2) is 0 Å². The number of aromatic nitrogens is 3. The first kappa shape index (κ1) is 14.5. The van der Waals surface area contributed by atoms with Crippen molar-refractivity contribution < 1.29 is 4.74 Å². The highest BCUT2D eigenvalue weighted by molar-refractivity contribution is 5.27. The van der Waals surface area contributed by atoms with Crippen LogP contribution in [0.5, 0.6) is 5.75 Å². The molecule has 0 saturated carbocycles. The lowest BCUT2D eigenvalue weighted by Crippen LogP contribution is -2.30. The van der Waals surface area contributed by atoms with Crippen LogP contribution in [-0.4, -0.2) is 28.3 Å². The molecule has 2 atom stereocenters. The van der Waals surface area contributed by atoms with Crippen LogP contribution in [0.2, 0.25) is 0 Å². The first-order chi connectivity index (χ1) is 9.69. The van der Waals surface area contributed by atoms with E-state index in [2.05, 4.69) is 46.5 Å². The van der Waals surface area contributed by atoms with Crippen LogP contribution in [0, 0.1) is 0 Å². The van der Waals surface area contributed by atoms with E-state index in [0.717, 1.165) is 24.4 Å². The van der Waals surface area contributed by atoms with E-state index in [1.807, 2.05) is 12.1 Å². The molecular weight excluding hydrogens is 252 g/mol. The van der Waals surface area contributed by atoms with E-state index in [-0.39, 0.29) is 6.04 Å². The predicted octanol–water partition coefficient (Wildman–Crippen LogP) is 2.49. The van der Waals surface area contributed by atoms with Gasteiger partial charge in [0.1, 0.15) is 17.9 Å². The quantitative estimate of drug-likeness (QED) is 0.814. The molecule has 2 unspecified atom stereocenters. The fraction of sp³-hybridized carbons (Fsp3) is 0.467. The topological polar surface area (TPSA) is 62.8 Å². The molecule has 0 aliphatic carbocycles. The number of rotatable bonds is 7. The normalized spacial score (nSPS) is 13.9. The molecule has 2 N–H and O–H groups in total. The number of aryl methyl sites for hydroxylation is 1. The molecule has 0 fully saturated rings. The van der Waals surface area contributed by atoms with Crippen molar-refractivity contribution in [3.63, 3.8) is 0 Å². The Bertz CT molecular complexity index is 495. The van der Waals surface area contributed by atoms with Gasteiger partial charge < -0.3 is 10.1 Å². The van der Waals surface area contributed by atoms with Gasteiger partial charge in [0.05, 0.1) is 13.2 Å². The summed E-state index contributed by atoms with van der Waals surface area (Å²) in [7, 11) is 1.69. The van der Waals surface area contributed by atoms with Crippen LogP contribution in [0.15, 0.2) is 30.6 Å². The fourth-order valence-corrected chi connectivity index (χ4v) is 2.19. The van der Waals surface area contributed by atoms with Gasteiger partial charge in [-0.2, -0.15) is 5.10 Å². The first-order valence-electron chi connectivity index (χ1n) is 6.93. The molecule has 108 valence electrons. The highest BCUT2D eigenvalue weighted by Crippen LogP contribution is 2.14. The Morgan fingerprint density at radius 2 is 2.00 bits per heavy atom. The summed E-state index contributed by atoms with van der Waals surface area (Å²) in [5.74, 6) is 1.78. The molecule has 0 amide bonds. The molecule has 20 heavy (non-hydrogen) atoms. The van der Waals surface area contributed by atoms with Crippen LogP contribution in [0.1, 0.15) is 37.7 Å². The molecule has 0 spiro atoms. The summed E-state index contributed by atoms with van der Waals surface area (Å²) in [4.78, 5) is 4.16. The number of ether oxygens (including phenoxy) is 1. The van der Waals surface area contributed by atoms with Crippen LogP contribution < -0.4 is 10.1 Å². The maximum absolute atomic E-state index is 5.16. The van der Waals surface area contributed by atoms with E-state index in [1.54, 1.807) is 7.11 Å². The average molecular weight is 274 g/mol. The minimum atomic E-state index is 0.184. The number of hydrogen-bond donors (Lipinski definition) is 2. The summed E-state index contributed by atoms with van der Waals surface area (Å²) < 4.78 is 5.16. The third-order valence-electron chi connectivity index (χ3n) is 3.40. The van der Waals surface area contributed by atoms with Crippen molar-refractivity contribution in [2.24, 2.45) is 0 Å². The summed E-state index contributed by atoms with van der Waals surface area (Å²) >= 11 is 0. The molecule has 1 heterocycles. The highest BCUT2D eigenvalue weighted by atomic mass is 16.5. The molecule has 2 aromatic rings. The maximum atomic E-state index is 5.16. The third kappa shape index (κ3) is 4.06. The molecule has 5 heteroatoms. The van der Waals surface area contributed by atoms with Gasteiger partial charge in [-0.15, -0.1) is 0 Å². The Kier molecular flexibility index (Phi) is 5.12. The molecule has 5 nitrogen and oxygen atoms in total. The molecular formula is C15H22N4O. The molecule has 0 aliphatic rings. The van der Waals surface area contributed by atoms with Gasteiger partial charge in [0.2, 0.25) is 0 Å². The lowest BCUT2D eigenvalue weighted by atomic mass is 10.1. The Morgan fingerprint density at radius 3 is 2.60 bits per heavy atom. The van der Waals surface area contributed by atoms with Crippen molar-refractivity contribution in [3.05, 3.63) is 42.0 Å². The zero-order valence-electron chi connectivity index (χ0n) is 12.3. The van der Waals surface area contributed by atoms with Crippen LogP contribution in [0.4, 0.5) is 0 Å². The molecule has 0 saturated heterocycles. The largest absolute Gasteiger partial charge is 0.497 e. The van der Waals surface area contributed by atoms with Gasteiger partial charge >= 0.3 is 0 Å². The predicted molar refractivity (Wildman–Crippen MR) is 78.7 cm³/mol. The molecule has 0 bridgehead atoms. The molecule has 0 radical (unpaired) electrons. The van der Waals surface area contributed by atoms with E-state index in [0.29, 0.717) is 6.04 Å². The van der Waals surface area contributed by atoms with Crippen LogP contribution in [0.25, 0.3) is 0 Å². The second-order valence-corrected chi connectivity index (χ2v) is 5.05. The monoisotopic (exact) mass is 274 g/mol. The smallest absolute Gasteiger partial charge is 0.141 e. The SMILES string of the molecule is COc1ccc(CCC(C)NC(C)c2ncn[nH]2)cc1.